The number of aryl methyl sites for hydroxylation is 1. The van der Waals surface area contributed by atoms with E-state index in [9.17, 15) is 9.18 Å². The van der Waals surface area contributed by atoms with Gasteiger partial charge in [0.1, 0.15) is 12.0 Å². The second-order valence-corrected chi connectivity index (χ2v) is 7.47. The number of carbonyl (C=O) groups excluding carboxylic acids is 1. The molecule has 0 N–H and O–H groups in total. The highest BCUT2D eigenvalue weighted by Crippen LogP contribution is 2.34. The lowest BCUT2D eigenvalue weighted by molar-refractivity contribution is -0.124. The highest BCUT2D eigenvalue weighted by atomic mass is 19.1. The Balaban J connectivity index is 1.77. The lowest BCUT2D eigenvalue weighted by Gasteiger charge is -2.30. The largest absolute Gasteiger partial charge is 0.299 e. The first-order valence-corrected chi connectivity index (χ1v) is 9.88. The average molecular weight is 333 g/mol. The molecule has 0 spiro atoms. The summed E-state index contributed by atoms with van der Waals surface area (Å²) in [4.78, 5) is 12.1. The number of ketones is 1. The maximum Gasteiger partial charge on any atom is 0.135 e. The van der Waals surface area contributed by atoms with E-state index >= 15 is 0 Å². The van der Waals surface area contributed by atoms with Gasteiger partial charge in [-0.05, 0) is 55.6 Å². The van der Waals surface area contributed by atoms with E-state index < -0.39 is 6.17 Å². The summed E-state index contributed by atoms with van der Waals surface area (Å²) in [5, 5.41) is 0. The van der Waals surface area contributed by atoms with Gasteiger partial charge in [0.05, 0.1) is 0 Å². The van der Waals surface area contributed by atoms with Gasteiger partial charge in [0.2, 0.25) is 0 Å². The molecule has 1 aromatic carbocycles. The molecule has 0 saturated heterocycles. The van der Waals surface area contributed by atoms with Gasteiger partial charge in [-0.15, -0.1) is 0 Å². The van der Waals surface area contributed by atoms with E-state index in [1.807, 2.05) is 0 Å². The van der Waals surface area contributed by atoms with Crippen LogP contribution < -0.4 is 0 Å². The van der Waals surface area contributed by atoms with Crippen molar-refractivity contribution in [3.63, 3.8) is 0 Å². The quantitative estimate of drug-likeness (QED) is 0.535. The summed E-state index contributed by atoms with van der Waals surface area (Å²) < 4.78 is 14.7. The predicted octanol–water partition coefficient (Wildman–Crippen LogP) is 6.09. The number of halogens is 1. The van der Waals surface area contributed by atoms with Gasteiger partial charge >= 0.3 is 0 Å². The highest BCUT2D eigenvalue weighted by molar-refractivity contribution is 5.81. The molecule has 1 aliphatic rings. The standard InChI is InChI=1S/C22H33FO/c1-3-5-7-22(24)20-14-12-19(13-15-20)21(23)16-18-10-8-17(6-4-2)9-11-18/h8-11,19-21H,3-7,12-16H2,1-2H3. The average Bonchev–Trinajstić information content (AvgIpc) is 2.61. The summed E-state index contributed by atoms with van der Waals surface area (Å²) in [6.45, 7) is 4.29. The molecular weight excluding hydrogens is 299 g/mol. The molecule has 1 nitrogen and oxygen atoms in total. The van der Waals surface area contributed by atoms with Crippen molar-refractivity contribution in [1.82, 2.24) is 0 Å². The van der Waals surface area contributed by atoms with E-state index in [1.54, 1.807) is 0 Å². The smallest absolute Gasteiger partial charge is 0.135 e. The number of benzene rings is 1. The third-order valence-corrected chi connectivity index (χ3v) is 5.51. The summed E-state index contributed by atoms with van der Waals surface area (Å²) in [5.41, 5.74) is 2.44. The molecule has 2 rings (SSSR count). The van der Waals surface area contributed by atoms with E-state index in [4.69, 9.17) is 0 Å². The third kappa shape index (κ3) is 5.72. The molecule has 0 heterocycles. The Labute approximate surface area is 147 Å². The van der Waals surface area contributed by atoms with Gasteiger partial charge in [-0.2, -0.15) is 0 Å². The number of hydrogen-bond acceptors (Lipinski definition) is 1. The number of hydrogen-bond donors (Lipinski definition) is 0. The van der Waals surface area contributed by atoms with Gasteiger partial charge < -0.3 is 0 Å². The fourth-order valence-electron chi connectivity index (χ4n) is 3.88. The number of unbranched alkanes of at least 4 members (excludes halogenated alkanes) is 1. The van der Waals surface area contributed by atoms with Gasteiger partial charge in [0.25, 0.3) is 0 Å². The number of carbonyl (C=O) groups is 1. The maximum absolute atomic E-state index is 14.7. The first-order chi connectivity index (χ1) is 11.6. The zero-order valence-electron chi connectivity index (χ0n) is 15.4. The zero-order chi connectivity index (χ0) is 17.4. The Morgan fingerprint density at radius 1 is 1.04 bits per heavy atom. The fraction of sp³-hybridized carbons (Fsp3) is 0.682. The monoisotopic (exact) mass is 332 g/mol. The van der Waals surface area contributed by atoms with Crippen LogP contribution in [0.15, 0.2) is 24.3 Å². The van der Waals surface area contributed by atoms with Crippen LogP contribution in [0.25, 0.3) is 0 Å². The topological polar surface area (TPSA) is 17.1 Å². The summed E-state index contributed by atoms with van der Waals surface area (Å²) in [5.74, 6) is 0.751. The SMILES string of the molecule is CCCCC(=O)C1CCC(C(F)Cc2ccc(CCC)cc2)CC1. The van der Waals surface area contributed by atoms with Crippen LogP contribution in [0.5, 0.6) is 0 Å². The lowest BCUT2D eigenvalue weighted by Crippen LogP contribution is -2.27. The minimum Gasteiger partial charge on any atom is -0.299 e. The van der Waals surface area contributed by atoms with Crippen LogP contribution in [-0.2, 0) is 17.6 Å². The molecule has 0 radical (unpaired) electrons. The van der Waals surface area contributed by atoms with Crippen LogP contribution in [0.1, 0.15) is 76.3 Å². The van der Waals surface area contributed by atoms with Gasteiger partial charge in [-0.25, -0.2) is 4.39 Å². The van der Waals surface area contributed by atoms with Crippen LogP contribution in [0.4, 0.5) is 4.39 Å². The lowest BCUT2D eigenvalue weighted by atomic mass is 9.76. The molecule has 134 valence electrons. The van der Waals surface area contributed by atoms with Crippen LogP contribution in [-0.4, -0.2) is 12.0 Å². The van der Waals surface area contributed by atoms with Crippen molar-refractivity contribution in [3.05, 3.63) is 35.4 Å². The van der Waals surface area contributed by atoms with E-state index in [2.05, 4.69) is 38.1 Å². The first kappa shape index (κ1) is 19.1. The Morgan fingerprint density at radius 3 is 2.25 bits per heavy atom. The van der Waals surface area contributed by atoms with E-state index in [1.165, 1.54) is 5.56 Å². The van der Waals surface area contributed by atoms with Gasteiger partial charge in [0, 0.05) is 18.8 Å². The summed E-state index contributed by atoms with van der Waals surface area (Å²) in [6, 6.07) is 8.43. The molecule has 24 heavy (non-hydrogen) atoms. The molecule has 0 amide bonds. The molecule has 1 fully saturated rings. The van der Waals surface area contributed by atoms with Crippen molar-refractivity contribution in [1.29, 1.82) is 0 Å². The molecule has 1 saturated carbocycles. The van der Waals surface area contributed by atoms with E-state index in [0.717, 1.165) is 63.4 Å². The van der Waals surface area contributed by atoms with Crippen molar-refractivity contribution in [2.75, 3.05) is 0 Å². The van der Waals surface area contributed by atoms with Crippen molar-refractivity contribution in [2.24, 2.45) is 11.8 Å². The van der Waals surface area contributed by atoms with Crippen LogP contribution in [0.3, 0.4) is 0 Å². The molecule has 0 bridgehead atoms. The molecule has 1 aromatic rings. The summed E-state index contributed by atoms with van der Waals surface area (Å²) in [6.07, 6.45) is 8.31. The zero-order valence-corrected chi connectivity index (χ0v) is 15.4. The van der Waals surface area contributed by atoms with Gasteiger partial charge in [0.15, 0.2) is 0 Å². The number of alkyl halides is 1. The molecule has 1 atom stereocenters. The Kier molecular flexibility index (Phi) is 7.94. The number of Topliss-reactive ketones (excluding diaryl/α,β-unsaturated/α-hetero) is 1. The first-order valence-electron chi connectivity index (χ1n) is 9.88. The Hall–Kier alpha value is -1.18. The van der Waals surface area contributed by atoms with Crippen LogP contribution in [0.2, 0.25) is 0 Å². The number of rotatable bonds is 9. The Morgan fingerprint density at radius 2 is 1.67 bits per heavy atom. The van der Waals surface area contributed by atoms with Crippen molar-refractivity contribution in [3.8, 4) is 0 Å². The predicted molar refractivity (Wildman–Crippen MR) is 99.0 cm³/mol. The van der Waals surface area contributed by atoms with E-state index in [-0.39, 0.29) is 11.8 Å². The maximum atomic E-state index is 14.7. The highest BCUT2D eigenvalue weighted by Gasteiger charge is 2.30. The molecule has 1 unspecified atom stereocenters. The van der Waals surface area contributed by atoms with Crippen molar-refractivity contribution < 1.29 is 9.18 Å². The Bertz CT molecular complexity index is 485. The van der Waals surface area contributed by atoms with Crippen molar-refractivity contribution in [2.45, 2.75) is 84.2 Å². The fourth-order valence-corrected chi connectivity index (χ4v) is 3.88. The summed E-state index contributed by atoms with van der Waals surface area (Å²) >= 11 is 0. The normalized spacial score (nSPS) is 22.3. The van der Waals surface area contributed by atoms with Gasteiger partial charge in [-0.1, -0.05) is 51.0 Å². The van der Waals surface area contributed by atoms with Gasteiger partial charge in [-0.3, -0.25) is 4.79 Å². The molecule has 0 aromatic heterocycles. The molecular formula is C22H33FO. The van der Waals surface area contributed by atoms with Crippen LogP contribution in [0, 0.1) is 11.8 Å². The minimum atomic E-state index is -0.770. The minimum absolute atomic E-state index is 0.135. The molecule has 1 aliphatic carbocycles. The van der Waals surface area contributed by atoms with E-state index in [0.29, 0.717) is 12.2 Å². The second-order valence-electron chi connectivity index (χ2n) is 7.47. The van der Waals surface area contributed by atoms with Crippen molar-refractivity contribution >= 4 is 5.78 Å². The molecule has 0 aliphatic heterocycles. The van der Waals surface area contributed by atoms with Crippen LogP contribution >= 0.6 is 0 Å². The summed E-state index contributed by atoms with van der Waals surface area (Å²) in [7, 11) is 0. The second kappa shape index (κ2) is 9.96. The third-order valence-electron chi connectivity index (χ3n) is 5.51. The molecule has 2 heteroatoms.